The monoisotopic (exact) mass is 183 g/mol. The van der Waals surface area contributed by atoms with Crippen molar-refractivity contribution in [1.82, 2.24) is 0 Å². The Labute approximate surface area is 80.7 Å². The van der Waals surface area contributed by atoms with Crippen LogP contribution in [0.5, 0.6) is 0 Å². The number of carbonyl (C=O) groups is 1. The van der Waals surface area contributed by atoms with Gasteiger partial charge < -0.3 is 4.79 Å². The minimum Gasteiger partial charge on any atom is -0.303 e. The Morgan fingerprint density at radius 1 is 1.15 bits per heavy atom. The van der Waals surface area contributed by atoms with Crippen molar-refractivity contribution >= 4 is 12.6 Å². The summed E-state index contributed by atoms with van der Waals surface area (Å²) in [6.07, 6.45) is 7.86. The third kappa shape index (κ3) is 4.20. The van der Waals surface area contributed by atoms with Crippen LogP contribution in [0.15, 0.2) is 0 Å². The highest BCUT2D eigenvalue weighted by atomic mass is 16.1. The topological polar surface area (TPSA) is 34.1 Å². The van der Waals surface area contributed by atoms with E-state index in [0.717, 1.165) is 32.0 Å². The molecule has 0 N–H and O–H groups in total. The average molecular weight is 183 g/mol. The van der Waals surface area contributed by atoms with Crippen molar-refractivity contribution in [3.8, 4) is 0 Å². The molecule has 0 aliphatic carbocycles. The summed E-state index contributed by atoms with van der Waals surface area (Å²) in [7, 11) is 0. The van der Waals surface area contributed by atoms with E-state index < -0.39 is 0 Å². The van der Waals surface area contributed by atoms with Crippen molar-refractivity contribution in [3.05, 3.63) is 0 Å². The summed E-state index contributed by atoms with van der Waals surface area (Å²) in [6, 6.07) is 0. The molecular formula is C11H19O2. The van der Waals surface area contributed by atoms with Gasteiger partial charge in [-0.3, -0.25) is 4.79 Å². The third-order valence-electron chi connectivity index (χ3n) is 2.41. The zero-order valence-corrected chi connectivity index (χ0v) is 8.64. The van der Waals surface area contributed by atoms with Gasteiger partial charge in [-0.05, 0) is 19.3 Å². The Morgan fingerprint density at radius 3 is 2.00 bits per heavy atom. The predicted molar refractivity (Wildman–Crippen MR) is 53.2 cm³/mol. The summed E-state index contributed by atoms with van der Waals surface area (Å²) in [4.78, 5) is 21.1. The first-order valence-corrected chi connectivity index (χ1v) is 5.07. The largest absolute Gasteiger partial charge is 0.303 e. The van der Waals surface area contributed by atoms with E-state index in [1.165, 1.54) is 0 Å². The normalized spacial score (nSPS) is 11.2. The molecule has 0 aromatic heterocycles. The van der Waals surface area contributed by atoms with Gasteiger partial charge in [0.1, 0.15) is 6.29 Å². The predicted octanol–water partition coefficient (Wildman–Crippen LogP) is 2.66. The molecule has 0 unspecified atom stereocenters. The van der Waals surface area contributed by atoms with Crippen LogP contribution in [0.2, 0.25) is 0 Å². The van der Waals surface area contributed by atoms with E-state index in [0.29, 0.717) is 12.8 Å². The highest BCUT2D eigenvalue weighted by Gasteiger charge is 2.28. The van der Waals surface area contributed by atoms with Gasteiger partial charge in [0.05, 0.1) is 0 Å². The Morgan fingerprint density at radius 2 is 1.69 bits per heavy atom. The van der Waals surface area contributed by atoms with Crippen LogP contribution < -0.4 is 0 Å². The maximum atomic E-state index is 10.9. The molecule has 2 heteroatoms. The molecule has 0 fully saturated rings. The molecule has 0 aliphatic heterocycles. The van der Waals surface area contributed by atoms with E-state index in [1.807, 2.05) is 0 Å². The molecular weight excluding hydrogens is 164 g/mol. The average Bonchev–Trinajstić information content (AvgIpc) is 2.15. The fraction of sp³-hybridized carbons (Fsp3) is 0.818. The second-order valence-corrected chi connectivity index (χ2v) is 3.59. The van der Waals surface area contributed by atoms with Crippen molar-refractivity contribution in [2.75, 3.05) is 0 Å². The highest BCUT2D eigenvalue weighted by Crippen LogP contribution is 2.32. The smallest absolute Gasteiger partial charge is 0.205 e. The maximum Gasteiger partial charge on any atom is 0.205 e. The minimum absolute atomic E-state index is 0.343. The molecule has 0 spiro atoms. The van der Waals surface area contributed by atoms with Crippen LogP contribution in [-0.2, 0) is 9.59 Å². The van der Waals surface area contributed by atoms with E-state index >= 15 is 0 Å². The van der Waals surface area contributed by atoms with Gasteiger partial charge in [-0.2, -0.15) is 0 Å². The zero-order valence-electron chi connectivity index (χ0n) is 8.64. The Bertz CT molecular complexity index is 146. The number of aldehydes is 1. The number of rotatable bonds is 8. The standard InChI is InChI=1S/C11H19O2/c1-3-6-11(10-13,7-4-2)8-5-9-12/h9H,3-8H2,1-2H3. The van der Waals surface area contributed by atoms with Crippen LogP contribution in [0.1, 0.15) is 52.4 Å². The van der Waals surface area contributed by atoms with Gasteiger partial charge in [0.2, 0.25) is 6.29 Å². The molecule has 0 saturated carbocycles. The van der Waals surface area contributed by atoms with Gasteiger partial charge in [0.15, 0.2) is 0 Å². The van der Waals surface area contributed by atoms with Crippen molar-refractivity contribution < 1.29 is 9.59 Å². The quantitative estimate of drug-likeness (QED) is 0.542. The molecule has 0 saturated heterocycles. The minimum atomic E-state index is -0.343. The van der Waals surface area contributed by atoms with Gasteiger partial charge in [0, 0.05) is 11.8 Å². The summed E-state index contributed by atoms with van der Waals surface area (Å²) in [5.41, 5.74) is -0.343. The molecule has 75 valence electrons. The lowest BCUT2D eigenvalue weighted by atomic mass is 9.77. The molecule has 0 rings (SSSR count). The highest BCUT2D eigenvalue weighted by molar-refractivity contribution is 5.61. The van der Waals surface area contributed by atoms with Gasteiger partial charge in [-0.1, -0.05) is 26.7 Å². The molecule has 2 nitrogen and oxygen atoms in total. The van der Waals surface area contributed by atoms with Crippen LogP contribution >= 0.6 is 0 Å². The second-order valence-electron chi connectivity index (χ2n) is 3.59. The molecule has 1 radical (unpaired) electrons. The van der Waals surface area contributed by atoms with Gasteiger partial charge in [-0.15, -0.1) is 0 Å². The Hall–Kier alpha value is -0.660. The fourth-order valence-corrected chi connectivity index (χ4v) is 1.82. The van der Waals surface area contributed by atoms with Crippen molar-refractivity contribution in [2.45, 2.75) is 52.4 Å². The summed E-state index contributed by atoms with van der Waals surface area (Å²) >= 11 is 0. The summed E-state index contributed by atoms with van der Waals surface area (Å²) in [5, 5.41) is 0. The van der Waals surface area contributed by atoms with E-state index in [4.69, 9.17) is 0 Å². The van der Waals surface area contributed by atoms with Crippen LogP contribution in [0.3, 0.4) is 0 Å². The van der Waals surface area contributed by atoms with E-state index in [9.17, 15) is 9.59 Å². The van der Waals surface area contributed by atoms with Crippen LogP contribution in [0, 0.1) is 5.41 Å². The second kappa shape index (κ2) is 6.81. The van der Waals surface area contributed by atoms with Crippen LogP contribution in [0.4, 0.5) is 0 Å². The van der Waals surface area contributed by atoms with Gasteiger partial charge in [-0.25, -0.2) is 0 Å². The first-order valence-electron chi connectivity index (χ1n) is 5.07. The summed E-state index contributed by atoms with van der Waals surface area (Å²) in [6.45, 7) is 4.12. The SMILES string of the molecule is CCCC([C]=O)(CCC)CCC=O. The van der Waals surface area contributed by atoms with Crippen LogP contribution in [-0.4, -0.2) is 12.6 Å². The van der Waals surface area contributed by atoms with Crippen LogP contribution in [0.25, 0.3) is 0 Å². The maximum absolute atomic E-state index is 10.9. The van der Waals surface area contributed by atoms with Crippen molar-refractivity contribution in [3.63, 3.8) is 0 Å². The lowest BCUT2D eigenvalue weighted by molar-refractivity contribution is -0.108. The fourth-order valence-electron chi connectivity index (χ4n) is 1.82. The van der Waals surface area contributed by atoms with E-state index in [2.05, 4.69) is 20.1 Å². The molecule has 13 heavy (non-hydrogen) atoms. The summed E-state index contributed by atoms with van der Waals surface area (Å²) in [5.74, 6) is 0. The van der Waals surface area contributed by atoms with Gasteiger partial charge in [0.25, 0.3) is 0 Å². The first-order chi connectivity index (χ1) is 6.24. The third-order valence-corrected chi connectivity index (χ3v) is 2.41. The number of carbonyl (C=O) groups excluding carboxylic acids is 2. The molecule has 0 atom stereocenters. The molecule has 0 aromatic rings. The molecule has 0 bridgehead atoms. The number of hydrogen-bond donors (Lipinski definition) is 0. The number of hydrogen-bond acceptors (Lipinski definition) is 2. The molecule has 0 heterocycles. The molecule has 0 amide bonds. The Balaban J connectivity index is 4.23. The van der Waals surface area contributed by atoms with Crippen molar-refractivity contribution in [2.24, 2.45) is 5.41 Å². The summed E-state index contributed by atoms with van der Waals surface area (Å²) < 4.78 is 0. The lowest BCUT2D eigenvalue weighted by Gasteiger charge is -2.25. The van der Waals surface area contributed by atoms with E-state index in [1.54, 1.807) is 0 Å². The molecule has 0 aliphatic rings. The van der Waals surface area contributed by atoms with Gasteiger partial charge >= 0.3 is 0 Å². The van der Waals surface area contributed by atoms with E-state index in [-0.39, 0.29) is 5.41 Å². The molecule has 0 aromatic carbocycles. The van der Waals surface area contributed by atoms with Crippen molar-refractivity contribution in [1.29, 1.82) is 0 Å². The Kier molecular flexibility index (Phi) is 6.47. The lowest BCUT2D eigenvalue weighted by Crippen LogP contribution is -2.22. The first kappa shape index (κ1) is 12.3. The zero-order chi connectivity index (χ0) is 10.2.